The molecule has 2 aromatic carbocycles. The van der Waals surface area contributed by atoms with Crippen LogP contribution in [-0.4, -0.2) is 18.4 Å². The molecule has 2 N–H and O–H groups in total. The Morgan fingerprint density at radius 3 is 2.31 bits per heavy atom. The Hall–Kier alpha value is -2.53. The Morgan fingerprint density at radius 1 is 0.923 bits per heavy atom. The van der Waals surface area contributed by atoms with Gasteiger partial charge in [-0.3, -0.25) is 20.4 Å². The number of carbonyl (C=O) groups excluding carboxylic acids is 2. The van der Waals surface area contributed by atoms with Crippen LogP contribution < -0.4 is 15.6 Å². The van der Waals surface area contributed by atoms with Gasteiger partial charge in [0.15, 0.2) is 0 Å². The van der Waals surface area contributed by atoms with Crippen LogP contribution in [0.4, 0.5) is 0 Å². The van der Waals surface area contributed by atoms with E-state index in [2.05, 4.69) is 17.8 Å². The average Bonchev–Trinajstić information content (AvgIpc) is 2.66. The molecule has 0 radical (unpaired) electrons. The first-order valence-corrected chi connectivity index (χ1v) is 9.07. The number of carbonyl (C=O) groups is 2. The molecule has 2 amide bonds. The van der Waals surface area contributed by atoms with Crippen LogP contribution in [-0.2, 0) is 0 Å². The predicted octanol–water partition coefficient (Wildman–Crippen LogP) is 4.37. The number of ether oxygens (including phenoxy) is 1. The van der Waals surface area contributed by atoms with E-state index in [0.717, 1.165) is 18.6 Å². The first kappa shape index (κ1) is 19.8. The largest absolute Gasteiger partial charge is 0.494 e. The van der Waals surface area contributed by atoms with E-state index in [4.69, 9.17) is 16.3 Å². The van der Waals surface area contributed by atoms with E-state index in [0.29, 0.717) is 22.8 Å². The zero-order valence-electron chi connectivity index (χ0n) is 14.8. The number of hydrazine groups is 1. The molecule has 0 heterocycles. The minimum Gasteiger partial charge on any atom is -0.494 e. The number of unbranched alkanes of at least 4 members (excludes halogenated alkanes) is 3. The minimum absolute atomic E-state index is 0.293. The molecule has 0 aliphatic rings. The molecule has 0 saturated heterocycles. The summed E-state index contributed by atoms with van der Waals surface area (Å²) in [6.45, 7) is 2.83. The van der Waals surface area contributed by atoms with Crippen LogP contribution >= 0.6 is 11.6 Å². The third-order valence-electron chi connectivity index (χ3n) is 3.79. The molecule has 2 rings (SSSR count). The maximum atomic E-state index is 12.1. The van der Waals surface area contributed by atoms with Crippen LogP contribution in [0, 0.1) is 0 Å². The van der Waals surface area contributed by atoms with Gasteiger partial charge in [-0.25, -0.2) is 0 Å². The van der Waals surface area contributed by atoms with E-state index in [1.807, 2.05) is 0 Å². The zero-order chi connectivity index (χ0) is 18.8. The van der Waals surface area contributed by atoms with Crippen molar-refractivity contribution in [1.29, 1.82) is 0 Å². The fourth-order valence-electron chi connectivity index (χ4n) is 2.32. The Kier molecular flexibility index (Phi) is 7.96. The highest BCUT2D eigenvalue weighted by atomic mass is 35.5. The van der Waals surface area contributed by atoms with E-state index >= 15 is 0 Å². The summed E-state index contributed by atoms with van der Waals surface area (Å²) in [6.07, 6.45) is 4.57. The molecule has 0 saturated carbocycles. The molecule has 6 heteroatoms. The van der Waals surface area contributed by atoms with Gasteiger partial charge < -0.3 is 4.74 Å². The van der Waals surface area contributed by atoms with Crippen LogP contribution in [0.25, 0.3) is 0 Å². The van der Waals surface area contributed by atoms with Gasteiger partial charge in [-0.05, 0) is 42.8 Å². The minimum atomic E-state index is -0.476. The molecule has 0 spiro atoms. The standard InChI is InChI=1S/C20H23ClN2O3/c1-2-3-4-7-14-26-16-12-10-15(11-13-16)19(24)22-23-20(25)17-8-5-6-9-18(17)21/h5-6,8-13H,2-4,7,14H2,1H3,(H,22,24)(H,23,25). The van der Waals surface area contributed by atoms with E-state index in [9.17, 15) is 9.59 Å². The molecule has 138 valence electrons. The summed E-state index contributed by atoms with van der Waals surface area (Å²) in [6, 6.07) is 13.4. The summed E-state index contributed by atoms with van der Waals surface area (Å²) < 4.78 is 5.64. The van der Waals surface area contributed by atoms with Crippen molar-refractivity contribution in [2.75, 3.05) is 6.61 Å². The highest BCUT2D eigenvalue weighted by molar-refractivity contribution is 6.33. The first-order valence-electron chi connectivity index (χ1n) is 8.70. The molecule has 0 bridgehead atoms. The Morgan fingerprint density at radius 2 is 1.62 bits per heavy atom. The molecule has 0 aromatic heterocycles. The fourth-order valence-corrected chi connectivity index (χ4v) is 2.54. The molecular formula is C20H23ClN2O3. The van der Waals surface area contributed by atoms with E-state index in [-0.39, 0.29) is 0 Å². The normalized spacial score (nSPS) is 10.2. The van der Waals surface area contributed by atoms with E-state index in [1.54, 1.807) is 48.5 Å². The second-order valence-electron chi connectivity index (χ2n) is 5.82. The quantitative estimate of drug-likeness (QED) is 0.532. The molecule has 2 aromatic rings. The van der Waals surface area contributed by atoms with Gasteiger partial charge in [0.05, 0.1) is 17.2 Å². The lowest BCUT2D eigenvalue weighted by Crippen LogP contribution is -2.41. The lowest BCUT2D eigenvalue weighted by atomic mass is 10.2. The predicted molar refractivity (Wildman–Crippen MR) is 102 cm³/mol. The fraction of sp³-hybridized carbons (Fsp3) is 0.300. The molecule has 5 nitrogen and oxygen atoms in total. The summed E-state index contributed by atoms with van der Waals surface area (Å²) in [5, 5.41) is 0.319. The van der Waals surface area contributed by atoms with E-state index in [1.165, 1.54) is 12.8 Å². The van der Waals surface area contributed by atoms with Crippen LogP contribution in [0.15, 0.2) is 48.5 Å². The van der Waals surface area contributed by atoms with Gasteiger partial charge in [0.25, 0.3) is 11.8 Å². The van der Waals surface area contributed by atoms with Crippen molar-refractivity contribution >= 4 is 23.4 Å². The Bertz CT molecular complexity index is 732. The Balaban J connectivity index is 1.80. The number of hydrogen-bond acceptors (Lipinski definition) is 3. The molecule has 0 atom stereocenters. The number of rotatable bonds is 8. The summed E-state index contributed by atoms with van der Waals surface area (Å²) in [5.74, 6) is -0.172. The second-order valence-corrected chi connectivity index (χ2v) is 6.23. The molecule has 0 fully saturated rings. The highest BCUT2D eigenvalue weighted by Crippen LogP contribution is 2.15. The van der Waals surface area contributed by atoms with Crippen molar-refractivity contribution in [2.24, 2.45) is 0 Å². The molecule has 0 unspecified atom stereocenters. The number of nitrogens with one attached hydrogen (secondary N) is 2. The molecular weight excluding hydrogens is 352 g/mol. The van der Waals surface area contributed by atoms with Gasteiger partial charge in [-0.1, -0.05) is 49.9 Å². The van der Waals surface area contributed by atoms with Gasteiger partial charge in [0.2, 0.25) is 0 Å². The van der Waals surface area contributed by atoms with Gasteiger partial charge in [0.1, 0.15) is 5.75 Å². The van der Waals surface area contributed by atoms with E-state index < -0.39 is 11.8 Å². The summed E-state index contributed by atoms with van der Waals surface area (Å²) >= 11 is 5.95. The number of halogens is 1. The van der Waals surface area contributed by atoms with Crippen molar-refractivity contribution in [2.45, 2.75) is 32.6 Å². The third-order valence-corrected chi connectivity index (χ3v) is 4.12. The van der Waals surface area contributed by atoms with Crippen molar-refractivity contribution in [3.8, 4) is 5.75 Å². The maximum Gasteiger partial charge on any atom is 0.271 e. The van der Waals surface area contributed by atoms with Crippen molar-refractivity contribution in [3.05, 3.63) is 64.7 Å². The highest BCUT2D eigenvalue weighted by Gasteiger charge is 2.11. The smallest absolute Gasteiger partial charge is 0.271 e. The average molecular weight is 375 g/mol. The zero-order valence-corrected chi connectivity index (χ0v) is 15.5. The summed E-state index contributed by atoms with van der Waals surface area (Å²) in [4.78, 5) is 24.1. The number of hydrogen-bond donors (Lipinski definition) is 2. The number of amides is 2. The van der Waals surface area contributed by atoms with Crippen LogP contribution in [0.3, 0.4) is 0 Å². The Labute approximate surface area is 158 Å². The summed E-state index contributed by atoms with van der Waals surface area (Å²) in [7, 11) is 0. The van der Waals surface area contributed by atoms with Crippen LogP contribution in [0.1, 0.15) is 53.3 Å². The topological polar surface area (TPSA) is 67.4 Å². The van der Waals surface area contributed by atoms with Gasteiger partial charge >= 0.3 is 0 Å². The molecule has 0 aliphatic carbocycles. The number of benzene rings is 2. The van der Waals surface area contributed by atoms with Crippen molar-refractivity contribution < 1.29 is 14.3 Å². The van der Waals surface area contributed by atoms with Gasteiger partial charge in [0, 0.05) is 5.56 Å². The molecule has 26 heavy (non-hydrogen) atoms. The molecule has 0 aliphatic heterocycles. The van der Waals surface area contributed by atoms with Gasteiger partial charge in [-0.2, -0.15) is 0 Å². The monoisotopic (exact) mass is 374 g/mol. The van der Waals surface area contributed by atoms with Crippen LogP contribution in [0.2, 0.25) is 5.02 Å². The van der Waals surface area contributed by atoms with Crippen LogP contribution in [0.5, 0.6) is 5.75 Å². The SMILES string of the molecule is CCCCCCOc1ccc(C(=O)NNC(=O)c2ccccc2Cl)cc1. The summed E-state index contributed by atoms with van der Waals surface area (Å²) in [5.41, 5.74) is 5.44. The third kappa shape index (κ3) is 6.08. The second kappa shape index (κ2) is 10.5. The lowest BCUT2D eigenvalue weighted by Gasteiger charge is -2.09. The first-order chi connectivity index (χ1) is 12.6. The lowest BCUT2D eigenvalue weighted by molar-refractivity contribution is 0.0846. The van der Waals surface area contributed by atoms with Gasteiger partial charge in [-0.15, -0.1) is 0 Å². The maximum absolute atomic E-state index is 12.1. The van der Waals surface area contributed by atoms with Crippen molar-refractivity contribution in [3.63, 3.8) is 0 Å². The van der Waals surface area contributed by atoms with Crippen molar-refractivity contribution in [1.82, 2.24) is 10.9 Å².